The van der Waals surface area contributed by atoms with Crippen LogP contribution in [0, 0.1) is 0 Å². The number of nitrogens with zero attached hydrogens (tertiary/aromatic N) is 4. The minimum atomic E-state index is -3.45. The number of anilines is 1. The van der Waals surface area contributed by atoms with E-state index < -0.39 is 10.0 Å². The lowest BCUT2D eigenvalue weighted by molar-refractivity contribution is 0.187. The quantitative estimate of drug-likeness (QED) is 0.591. The highest BCUT2D eigenvalue weighted by atomic mass is 32.2. The summed E-state index contributed by atoms with van der Waals surface area (Å²) < 4.78 is 32.5. The minimum absolute atomic E-state index is 0.0804. The predicted octanol–water partition coefficient (Wildman–Crippen LogP) is 3.93. The van der Waals surface area contributed by atoms with Gasteiger partial charge < -0.3 is 14.7 Å². The average Bonchev–Trinajstić information content (AvgIpc) is 3.58. The molecule has 10 heteroatoms. The number of sulfonamides is 1. The molecule has 178 valence electrons. The van der Waals surface area contributed by atoms with Crippen LogP contribution in [0.15, 0.2) is 64.0 Å². The van der Waals surface area contributed by atoms with Gasteiger partial charge in [0.1, 0.15) is 0 Å². The number of carbonyl (C=O) groups is 1. The second kappa shape index (κ2) is 9.55. The van der Waals surface area contributed by atoms with E-state index in [-0.39, 0.29) is 16.8 Å². The van der Waals surface area contributed by atoms with Crippen LogP contribution in [0.2, 0.25) is 0 Å². The van der Waals surface area contributed by atoms with Crippen molar-refractivity contribution in [1.29, 1.82) is 0 Å². The number of benzene rings is 2. The molecule has 2 amide bonds. The van der Waals surface area contributed by atoms with E-state index in [1.165, 1.54) is 4.31 Å². The molecule has 0 radical (unpaired) electrons. The molecule has 0 saturated carbocycles. The molecule has 5 rings (SSSR count). The second-order valence-corrected chi connectivity index (χ2v) is 10.6. The van der Waals surface area contributed by atoms with Gasteiger partial charge in [-0.25, -0.2) is 13.2 Å². The first-order valence-electron chi connectivity index (χ1n) is 11.6. The van der Waals surface area contributed by atoms with Gasteiger partial charge in [0.25, 0.3) is 0 Å². The largest absolute Gasteiger partial charge is 0.339 e. The standard InChI is InChI=1S/C24H27N5O4S/c30-24(25-20-6-2-1-3-7-20)28-16-12-19(13-17-28)23-26-22(27-33-23)18-8-10-21(11-9-18)34(31,32)29-14-4-5-15-29/h1-3,6-11,19H,4-5,12-17H2,(H,25,30). The van der Waals surface area contributed by atoms with Gasteiger partial charge >= 0.3 is 6.03 Å². The number of hydrogen-bond acceptors (Lipinski definition) is 6. The van der Waals surface area contributed by atoms with E-state index in [9.17, 15) is 13.2 Å². The Morgan fingerprint density at radius 2 is 1.62 bits per heavy atom. The highest BCUT2D eigenvalue weighted by molar-refractivity contribution is 7.89. The molecular formula is C24H27N5O4S. The molecule has 2 aromatic carbocycles. The fraction of sp³-hybridized carbons (Fsp3) is 0.375. The van der Waals surface area contributed by atoms with E-state index in [1.54, 1.807) is 29.2 Å². The molecule has 2 fully saturated rings. The molecule has 0 atom stereocenters. The van der Waals surface area contributed by atoms with E-state index in [1.807, 2.05) is 30.3 Å². The summed E-state index contributed by atoms with van der Waals surface area (Å²) in [6.45, 7) is 2.35. The lowest BCUT2D eigenvalue weighted by atomic mass is 9.97. The Morgan fingerprint density at radius 3 is 2.29 bits per heavy atom. The Labute approximate surface area is 198 Å². The van der Waals surface area contributed by atoms with Crippen LogP contribution in [0.1, 0.15) is 37.5 Å². The summed E-state index contributed by atoms with van der Waals surface area (Å²) in [4.78, 5) is 19.1. The van der Waals surface area contributed by atoms with Crippen molar-refractivity contribution in [3.05, 3.63) is 60.5 Å². The van der Waals surface area contributed by atoms with Gasteiger partial charge in [-0.15, -0.1) is 0 Å². The zero-order valence-corrected chi connectivity index (χ0v) is 19.6. The summed E-state index contributed by atoms with van der Waals surface area (Å²) in [7, 11) is -3.45. The molecule has 0 aliphatic carbocycles. The zero-order valence-electron chi connectivity index (χ0n) is 18.8. The molecule has 2 aliphatic rings. The van der Waals surface area contributed by atoms with Crippen LogP contribution in [-0.2, 0) is 10.0 Å². The van der Waals surface area contributed by atoms with Crippen molar-refractivity contribution < 1.29 is 17.7 Å². The number of likely N-dealkylation sites (tertiary alicyclic amines) is 1. The van der Waals surface area contributed by atoms with Gasteiger partial charge in [-0.1, -0.05) is 23.4 Å². The van der Waals surface area contributed by atoms with Crippen molar-refractivity contribution in [3.63, 3.8) is 0 Å². The highest BCUT2D eigenvalue weighted by Crippen LogP contribution is 2.29. The number of nitrogens with one attached hydrogen (secondary N) is 1. The molecule has 2 saturated heterocycles. The fourth-order valence-electron chi connectivity index (χ4n) is 4.43. The van der Waals surface area contributed by atoms with Gasteiger partial charge in [0.05, 0.1) is 4.90 Å². The SMILES string of the molecule is O=C(Nc1ccccc1)N1CCC(c2nc(-c3ccc(S(=O)(=O)N4CCCC4)cc3)no2)CC1. The summed E-state index contributed by atoms with van der Waals surface area (Å²) >= 11 is 0. The van der Waals surface area contributed by atoms with E-state index in [0.29, 0.717) is 43.5 Å². The van der Waals surface area contributed by atoms with E-state index in [0.717, 1.165) is 31.4 Å². The second-order valence-electron chi connectivity index (χ2n) is 8.65. The molecule has 3 aromatic rings. The van der Waals surface area contributed by atoms with Gasteiger partial charge in [-0.3, -0.25) is 0 Å². The van der Waals surface area contributed by atoms with Crippen LogP contribution in [0.25, 0.3) is 11.4 Å². The lowest BCUT2D eigenvalue weighted by Gasteiger charge is -2.30. The number of amides is 2. The van der Waals surface area contributed by atoms with Crippen LogP contribution in [0.5, 0.6) is 0 Å². The van der Waals surface area contributed by atoms with Crippen LogP contribution in [0.4, 0.5) is 10.5 Å². The average molecular weight is 482 g/mol. The van der Waals surface area contributed by atoms with Gasteiger partial charge in [-0.2, -0.15) is 9.29 Å². The number of rotatable bonds is 5. The smallest absolute Gasteiger partial charge is 0.321 e. The molecule has 0 spiro atoms. The predicted molar refractivity (Wildman–Crippen MR) is 127 cm³/mol. The Hall–Kier alpha value is -3.24. The van der Waals surface area contributed by atoms with Crippen LogP contribution >= 0.6 is 0 Å². The summed E-state index contributed by atoms with van der Waals surface area (Å²) in [5.41, 5.74) is 1.48. The van der Waals surface area contributed by atoms with Crippen LogP contribution in [0.3, 0.4) is 0 Å². The third kappa shape index (κ3) is 4.69. The van der Waals surface area contributed by atoms with E-state index in [4.69, 9.17) is 4.52 Å². The lowest BCUT2D eigenvalue weighted by Crippen LogP contribution is -2.40. The van der Waals surface area contributed by atoms with Crippen LogP contribution < -0.4 is 5.32 Å². The number of piperidine rings is 1. The minimum Gasteiger partial charge on any atom is -0.339 e. The van der Waals surface area contributed by atoms with Crippen molar-refractivity contribution in [2.45, 2.75) is 36.5 Å². The Balaban J connectivity index is 1.20. The number of urea groups is 1. The number of para-hydroxylation sites is 1. The van der Waals surface area contributed by atoms with Gasteiger partial charge in [-0.05, 0) is 62.1 Å². The normalized spacial score (nSPS) is 17.7. The fourth-order valence-corrected chi connectivity index (χ4v) is 5.94. The first-order valence-corrected chi connectivity index (χ1v) is 13.0. The van der Waals surface area contributed by atoms with Gasteiger partial charge in [0, 0.05) is 43.3 Å². The number of aromatic nitrogens is 2. The molecule has 34 heavy (non-hydrogen) atoms. The van der Waals surface area contributed by atoms with Crippen molar-refractivity contribution in [2.75, 3.05) is 31.5 Å². The molecule has 1 aromatic heterocycles. The maximum Gasteiger partial charge on any atom is 0.321 e. The number of carbonyl (C=O) groups excluding carboxylic acids is 1. The first kappa shape index (κ1) is 22.5. The summed E-state index contributed by atoms with van der Waals surface area (Å²) in [6, 6.07) is 15.9. The summed E-state index contributed by atoms with van der Waals surface area (Å²) in [6.07, 6.45) is 3.27. The van der Waals surface area contributed by atoms with Crippen molar-refractivity contribution in [3.8, 4) is 11.4 Å². The van der Waals surface area contributed by atoms with Crippen molar-refractivity contribution in [2.24, 2.45) is 0 Å². The first-order chi connectivity index (χ1) is 16.5. The monoisotopic (exact) mass is 481 g/mol. The maximum absolute atomic E-state index is 12.7. The summed E-state index contributed by atoms with van der Waals surface area (Å²) in [5, 5.41) is 7.02. The highest BCUT2D eigenvalue weighted by Gasteiger charge is 2.29. The zero-order chi connectivity index (χ0) is 23.5. The Bertz CT molecular complexity index is 1230. The molecule has 2 aliphatic heterocycles. The molecule has 3 heterocycles. The van der Waals surface area contributed by atoms with Gasteiger partial charge in [0.2, 0.25) is 21.7 Å². The Morgan fingerprint density at radius 1 is 0.941 bits per heavy atom. The molecule has 9 nitrogen and oxygen atoms in total. The molecule has 0 bridgehead atoms. The molecular weight excluding hydrogens is 454 g/mol. The van der Waals surface area contributed by atoms with Crippen molar-refractivity contribution in [1.82, 2.24) is 19.3 Å². The molecule has 1 N–H and O–H groups in total. The Kier molecular flexibility index (Phi) is 6.34. The van der Waals surface area contributed by atoms with Gasteiger partial charge in [0.15, 0.2) is 0 Å². The van der Waals surface area contributed by atoms with E-state index >= 15 is 0 Å². The molecule has 0 unspecified atom stereocenters. The number of hydrogen-bond donors (Lipinski definition) is 1. The third-order valence-electron chi connectivity index (χ3n) is 6.41. The van der Waals surface area contributed by atoms with E-state index in [2.05, 4.69) is 15.5 Å². The maximum atomic E-state index is 12.7. The third-order valence-corrected chi connectivity index (χ3v) is 8.33. The topological polar surface area (TPSA) is 109 Å². The van der Waals surface area contributed by atoms with Crippen molar-refractivity contribution >= 4 is 21.7 Å². The van der Waals surface area contributed by atoms with Crippen LogP contribution in [-0.4, -0.2) is 60.0 Å². The summed E-state index contributed by atoms with van der Waals surface area (Å²) in [5.74, 6) is 1.06.